The predicted octanol–water partition coefficient (Wildman–Crippen LogP) is 16.6. The quantitative estimate of drug-likeness (QED) is 0.169. The van der Waals surface area contributed by atoms with E-state index in [0.29, 0.717) is 11.4 Å². The fraction of sp³-hybridized carbons (Fsp3) is 0.258. The maximum Gasteiger partial charge on any atom is 0.148 e. The summed E-state index contributed by atoms with van der Waals surface area (Å²) in [7, 11) is 0. The summed E-state index contributed by atoms with van der Waals surface area (Å²) in [4.78, 5) is 10.6. The van der Waals surface area contributed by atoms with Crippen LogP contribution in [0.25, 0.3) is 83.5 Å². The smallest absolute Gasteiger partial charge is 0.148 e. The second kappa shape index (κ2) is 17.5. The van der Waals surface area contributed by atoms with E-state index >= 15 is 0 Å². The zero-order valence-corrected chi connectivity index (χ0v) is 43.3. The first kappa shape index (κ1) is 47.4. The second-order valence-corrected chi connectivity index (χ2v) is 22.2. The van der Waals surface area contributed by atoms with Crippen molar-refractivity contribution in [1.29, 1.82) is 0 Å². The maximum atomic E-state index is 11.8. The monoisotopic (exact) mass is 1060 g/mol. The van der Waals surface area contributed by atoms with Crippen LogP contribution < -0.4 is 0 Å². The van der Waals surface area contributed by atoms with Gasteiger partial charge in [0.25, 0.3) is 0 Å². The van der Waals surface area contributed by atoms with Crippen LogP contribution in [0.3, 0.4) is 0 Å². The van der Waals surface area contributed by atoms with Gasteiger partial charge in [-0.1, -0.05) is 197 Å². The van der Waals surface area contributed by atoms with Gasteiger partial charge in [0.15, 0.2) is 0 Å². The number of pyridine rings is 1. The Morgan fingerprint density at radius 1 is 0.448 bits per heavy atom. The van der Waals surface area contributed by atoms with Crippen molar-refractivity contribution in [3.63, 3.8) is 0 Å². The van der Waals surface area contributed by atoms with Crippen LogP contribution in [0.1, 0.15) is 105 Å². The third-order valence-electron chi connectivity index (χ3n) is 13.1. The Hall–Kier alpha value is -6.09. The molecule has 9 aromatic rings. The standard InChI is InChI=1S/C62H62N3O.Pt/c1-59(2,3)46-22-20-40(21-23-46)43-35-51(44-31-42(39-17-14-13-15-18-39)32-45(33-44)52-38-49(62(10,11)12)34-41-19-16-30-63-56(41)52)57-54(36-43)65(50-27-24-47(25-28-50)60(4,5)6)58(64-57)53-37-48(61(7,8)9)26-29-55(53)66;/h13-32,34-38,66H,1-12H3;/q-1;. The van der Waals surface area contributed by atoms with Crippen molar-refractivity contribution < 1.29 is 26.2 Å². The number of aromatic nitrogens is 3. The molecule has 67 heavy (non-hydrogen) atoms. The Morgan fingerprint density at radius 3 is 1.57 bits per heavy atom. The topological polar surface area (TPSA) is 50.9 Å². The number of aromatic hydroxyl groups is 1. The first-order valence-corrected chi connectivity index (χ1v) is 23.3. The zero-order valence-electron chi connectivity index (χ0n) is 41.0. The molecule has 0 bridgehead atoms. The average Bonchev–Trinajstić information content (AvgIpc) is 3.66. The van der Waals surface area contributed by atoms with Crippen LogP contribution >= 0.6 is 0 Å². The summed E-state index contributed by atoms with van der Waals surface area (Å²) in [6.45, 7) is 26.9. The molecule has 5 heteroatoms. The van der Waals surface area contributed by atoms with E-state index in [1.807, 2.05) is 24.4 Å². The van der Waals surface area contributed by atoms with Gasteiger partial charge in [-0.3, -0.25) is 9.55 Å². The van der Waals surface area contributed by atoms with Crippen molar-refractivity contribution in [1.82, 2.24) is 14.5 Å². The third-order valence-corrected chi connectivity index (χ3v) is 13.1. The minimum Gasteiger partial charge on any atom is -0.507 e. The zero-order chi connectivity index (χ0) is 46.9. The molecular weight excluding hydrogens is 998 g/mol. The number of hydrogen-bond donors (Lipinski definition) is 1. The summed E-state index contributed by atoms with van der Waals surface area (Å²) in [6.07, 6.45) is 1.88. The summed E-state index contributed by atoms with van der Waals surface area (Å²) in [5.74, 6) is 0.856. The van der Waals surface area contributed by atoms with Crippen molar-refractivity contribution in [2.75, 3.05) is 0 Å². The third kappa shape index (κ3) is 9.44. The molecule has 0 radical (unpaired) electrons. The van der Waals surface area contributed by atoms with Gasteiger partial charge < -0.3 is 5.11 Å². The summed E-state index contributed by atoms with van der Waals surface area (Å²) < 4.78 is 2.24. The van der Waals surface area contributed by atoms with E-state index in [9.17, 15) is 5.11 Å². The fourth-order valence-electron chi connectivity index (χ4n) is 8.93. The molecule has 0 amide bonds. The minimum absolute atomic E-state index is 0. The van der Waals surface area contributed by atoms with Crippen LogP contribution in [0.5, 0.6) is 5.75 Å². The van der Waals surface area contributed by atoms with E-state index in [2.05, 4.69) is 221 Å². The summed E-state index contributed by atoms with van der Waals surface area (Å²) in [6, 6.07) is 56.2. The van der Waals surface area contributed by atoms with Crippen LogP contribution in [0.4, 0.5) is 0 Å². The first-order chi connectivity index (χ1) is 31.1. The van der Waals surface area contributed by atoms with E-state index < -0.39 is 0 Å². The average molecular weight is 1060 g/mol. The second-order valence-electron chi connectivity index (χ2n) is 22.2. The molecule has 0 saturated carbocycles. The van der Waals surface area contributed by atoms with Gasteiger partial charge in [0.2, 0.25) is 0 Å². The van der Waals surface area contributed by atoms with Gasteiger partial charge in [0, 0.05) is 38.5 Å². The van der Waals surface area contributed by atoms with E-state index in [1.165, 1.54) is 16.7 Å². The number of phenolic OH excluding ortho intramolecular Hbond substituents is 1. The van der Waals surface area contributed by atoms with Crippen molar-refractivity contribution in [2.45, 2.75) is 105 Å². The van der Waals surface area contributed by atoms with Gasteiger partial charge in [0.1, 0.15) is 11.6 Å². The molecular formula is C62H62N3OPt-. The van der Waals surface area contributed by atoms with Crippen LogP contribution in [0.15, 0.2) is 152 Å². The Balaban J connectivity index is 0.00000608. The summed E-state index contributed by atoms with van der Waals surface area (Å²) in [5, 5.41) is 12.9. The maximum absolute atomic E-state index is 11.8. The SMILES string of the molecule is CC(C)(C)c1ccc(-c2cc(-c3[c-]c(-c4cc(C(C)(C)C)cc5cccnc45)cc(-c4ccccc4)c3)c3nc(-c4cc(C(C)(C)C)ccc4O)n(-c4ccc(C(C)(C)C)cc4)c3c2)cc1.[Pt]. The van der Waals surface area contributed by atoms with Gasteiger partial charge in [-0.25, -0.2) is 4.98 Å². The molecule has 0 saturated heterocycles. The van der Waals surface area contributed by atoms with Crippen LogP contribution in [0, 0.1) is 6.07 Å². The van der Waals surface area contributed by atoms with Gasteiger partial charge in [0.05, 0.1) is 16.6 Å². The van der Waals surface area contributed by atoms with Crippen LogP contribution in [-0.4, -0.2) is 19.6 Å². The largest absolute Gasteiger partial charge is 0.507 e. The van der Waals surface area contributed by atoms with E-state index in [-0.39, 0.29) is 48.5 Å². The Morgan fingerprint density at radius 2 is 0.970 bits per heavy atom. The fourth-order valence-corrected chi connectivity index (χ4v) is 8.93. The van der Waals surface area contributed by atoms with Gasteiger partial charge in [-0.2, -0.15) is 0 Å². The molecule has 0 aliphatic heterocycles. The molecule has 342 valence electrons. The molecule has 0 atom stereocenters. The van der Waals surface area contributed by atoms with E-state index in [1.54, 1.807) is 0 Å². The van der Waals surface area contributed by atoms with Gasteiger partial charge >= 0.3 is 0 Å². The normalized spacial score (nSPS) is 12.4. The van der Waals surface area contributed by atoms with Gasteiger partial charge in [-0.05, 0) is 102 Å². The Labute approximate surface area is 412 Å². The Kier molecular flexibility index (Phi) is 12.4. The number of benzene rings is 7. The number of imidazole rings is 1. The van der Waals surface area contributed by atoms with Crippen molar-refractivity contribution in [2.24, 2.45) is 0 Å². The minimum atomic E-state index is -0.155. The molecule has 9 rings (SSSR count). The molecule has 1 N–H and O–H groups in total. The van der Waals surface area contributed by atoms with Crippen molar-refractivity contribution in [3.8, 4) is 67.3 Å². The molecule has 7 aromatic carbocycles. The number of nitrogens with zero attached hydrogens (tertiary/aromatic N) is 3. The van der Waals surface area contributed by atoms with Crippen molar-refractivity contribution >= 4 is 21.9 Å². The number of fused-ring (bicyclic) bond motifs is 2. The molecule has 2 heterocycles. The number of rotatable bonds is 6. The molecule has 0 unspecified atom stereocenters. The van der Waals surface area contributed by atoms with Crippen molar-refractivity contribution in [3.05, 3.63) is 180 Å². The predicted molar refractivity (Wildman–Crippen MR) is 279 cm³/mol. The first-order valence-electron chi connectivity index (χ1n) is 23.3. The van der Waals surface area contributed by atoms with Gasteiger partial charge in [-0.15, -0.1) is 29.3 Å². The number of phenols is 1. The summed E-state index contributed by atoms with van der Waals surface area (Å²) in [5.41, 5.74) is 17.2. The molecule has 0 fully saturated rings. The molecule has 2 aromatic heterocycles. The molecule has 4 nitrogen and oxygen atoms in total. The Bertz CT molecular complexity index is 3260. The summed E-state index contributed by atoms with van der Waals surface area (Å²) >= 11 is 0. The van der Waals surface area contributed by atoms with Crippen LogP contribution in [0.2, 0.25) is 0 Å². The number of hydrogen-bond acceptors (Lipinski definition) is 3. The molecule has 0 aliphatic rings. The molecule has 0 spiro atoms. The van der Waals surface area contributed by atoms with E-state index in [4.69, 9.17) is 9.97 Å². The van der Waals surface area contributed by atoms with Crippen LogP contribution in [-0.2, 0) is 42.7 Å². The van der Waals surface area contributed by atoms with E-state index in [0.717, 1.165) is 77.7 Å². The molecule has 0 aliphatic carbocycles.